The van der Waals surface area contributed by atoms with Gasteiger partial charge in [-0.1, -0.05) is 29.8 Å². The van der Waals surface area contributed by atoms with Gasteiger partial charge in [0, 0.05) is 50.9 Å². The summed E-state index contributed by atoms with van der Waals surface area (Å²) >= 11 is 0. The van der Waals surface area contributed by atoms with Gasteiger partial charge in [-0.2, -0.15) is 4.31 Å². The van der Waals surface area contributed by atoms with Crippen LogP contribution in [0, 0.1) is 6.92 Å². The summed E-state index contributed by atoms with van der Waals surface area (Å²) in [4.78, 5) is 42.2. The van der Waals surface area contributed by atoms with E-state index < -0.39 is 34.0 Å². The van der Waals surface area contributed by atoms with Gasteiger partial charge in [-0.3, -0.25) is 9.69 Å². The molecular weight excluding hydrogens is 546 g/mol. The Balaban J connectivity index is 1.17. The molecule has 3 fully saturated rings. The molecule has 3 N–H and O–H groups in total. The molecule has 0 radical (unpaired) electrons. The fourth-order valence-corrected chi connectivity index (χ4v) is 7.15. The molecule has 2 atom stereocenters. The second-order valence-electron chi connectivity index (χ2n) is 11.1. The summed E-state index contributed by atoms with van der Waals surface area (Å²) in [6, 6.07) is 11.6. The zero-order valence-corrected chi connectivity index (χ0v) is 24.0. The molecule has 0 spiro atoms. The quantitative estimate of drug-likeness (QED) is 0.412. The van der Waals surface area contributed by atoms with Gasteiger partial charge < -0.3 is 20.6 Å². The maximum absolute atomic E-state index is 13.2. The summed E-state index contributed by atoms with van der Waals surface area (Å²) in [6.45, 7) is 5.19. The van der Waals surface area contributed by atoms with Crippen molar-refractivity contribution in [2.24, 2.45) is 0 Å². The smallest absolute Gasteiger partial charge is 0.326 e. The lowest BCUT2D eigenvalue weighted by Gasteiger charge is -2.34. The second-order valence-corrected chi connectivity index (χ2v) is 13.0. The summed E-state index contributed by atoms with van der Waals surface area (Å²) in [7, 11) is -3.91. The number of nitrogens with zero attached hydrogens (tertiary/aromatic N) is 3. The Morgan fingerprint density at radius 1 is 0.927 bits per heavy atom. The Hall–Kier alpha value is -3.48. The Kier molecular flexibility index (Phi) is 8.62. The third kappa shape index (κ3) is 6.88. The zero-order chi connectivity index (χ0) is 29.1. The highest BCUT2D eigenvalue weighted by atomic mass is 32.2. The molecule has 2 heterocycles. The molecule has 12 heteroatoms. The largest absolute Gasteiger partial charge is 0.480 e. The van der Waals surface area contributed by atoms with Gasteiger partial charge in [0.15, 0.2) is 0 Å². The highest BCUT2D eigenvalue weighted by Crippen LogP contribution is 2.28. The van der Waals surface area contributed by atoms with Crippen LogP contribution in [0.4, 0.5) is 10.5 Å². The molecule has 3 aliphatic rings. The minimum absolute atomic E-state index is 0.00978. The van der Waals surface area contributed by atoms with Gasteiger partial charge in [0.2, 0.25) is 15.9 Å². The molecule has 2 aliphatic heterocycles. The number of piperazine rings is 1. The van der Waals surface area contributed by atoms with Crippen molar-refractivity contribution in [2.75, 3.05) is 38.0 Å². The van der Waals surface area contributed by atoms with E-state index in [1.165, 1.54) is 25.0 Å². The van der Waals surface area contributed by atoms with Crippen LogP contribution in [0.2, 0.25) is 0 Å². The molecule has 5 rings (SSSR count). The third-order valence-corrected chi connectivity index (χ3v) is 9.98. The number of hydrogen-bond donors (Lipinski definition) is 3. The van der Waals surface area contributed by atoms with Gasteiger partial charge in [-0.05, 0) is 62.4 Å². The number of aryl methyl sites for hydroxylation is 1. The predicted molar refractivity (Wildman–Crippen MR) is 153 cm³/mol. The molecule has 0 unspecified atom stereocenters. The number of anilines is 1. The van der Waals surface area contributed by atoms with E-state index in [4.69, 9.17) is 0 Å². The van der Waals surface area contributed by atoms with Crippen molar-refractivity contribution in [3.63, 3.8) is 0 Å². The van der Waals surface area contributed by atoms with Crippen LogP contribution in [0.15, 0.2) is 53.4 Å². The molecule has 1 aliphatic carbocycles. The van der Waals surface area contributed by atoms with E-state index in [9.17, 15) is 27.9 Å². The van der Waals surface area contributed by atoms with Crippen LogP contribution in [-0.2, 0) is 26.0 Å². The number of carboxylic acids is 1. The van der Waals surface area contributed by atoms with Gasteiger partial charge in [0.1, 0.15) is 12.1 Å². The van der Waals surface area contributed by atoms with Crippen LogP contribution in [0.25, 0.3) is 0 Å². The average molecular weight is 584 g/mol. The van der Waals surface area contributed by atoms with Crippen molar-refractivity contribution >= 4 is 33.6 Å². The van der Waals surface area contributed by atoms with Crippen LogP contribution in [-0.4, -0.2) is 96.4 Å². The Labute approximate surface area is 240 Å². The standard InChI is InChI=1S/C29H37N5O6S/c1-20-4-12-24(13-5-20)41(39,40)34-14-2-3-26(34)27(35)31-25(28(36)37)19-21-6-8-22(9-7-21)30-29(38)33-17-15-32(16-18-33)23-10-11-23/h4-9,12-13,23,25-26H,2-3,10-11,14-19H2,1H3,(H,30,38)(H,31,35)(H,36,37)/t25-,26-/m0/s1. The third-order valence-electron chi connectivity index (χ3n) is 8.06. The Morgan fingerprint density at radius 3 is 2.20 bits per heavy atom. The minimum atomic E-state index is -3.91. The maximum atomic E-state index is 13.2. The van der Waals surface area contributed by atoms with Crippen molar-refractivity contribution < 1.29 is 27.9 Å². The number of sulfonamides is 1. The summed E-state index contributed by atoms with van der Waals surface area (Å²) in [5.74, 6) is -1.84. The van der Waals surface area contributed by atoms with E-state index in [0.29, 0.717) is 43.2 Å². The zero-order valence-electron chi connectivity index (χ0n) is 23.2. The second kappa shape index (κ2) is 12.2. The Bertz CT molecular complexity index is 1370. The first kappa shape index (κ1) is 29.0. The number of carbonyl (C=O) groups is 3. The van der Waals surface area contributed by atoms with Crippen LogP contribution in [0.5, 0.6) is 0 Å². The maximum Gasteiger partial charge on any atom is 0.326 e. The Morgan fingerprint density at radius 2 is 1.59 bits per heavy atom. The highest BCUT2D eigenvalue weighted by Gasteiger charge is 2.40. The van der Waals surface area contributed by atoms with Crippen molar-refractivity contribution in [1.82, 2.24) is 19.4 Å². The number of carboxylic acid groups (broad SMARTS) is 1. The lowest BCUT2D eigenvalue weighted by molar-refractivity contribution is -0.142. The normalized spacial score (nSPS) is 20.9. The summed E-state index contributed by atoms with van der Waals surface area (Å²) in [6.07, 6.45) is 3.33. The van der Waals surface area contributed by atoms with Crippen LogP contribution in [0.1, 0.15) is 36.8 Å². The van der Waals surface area contributed by atoms with Gasteiger partial charge in [0.25, 0.3) is 0 Å². The molecule has 0 aromatic heterocycles. The lowest BCUT2D eigenvalue weighted by atomic mass is 10.0. The molecule has 41 heavy (non-hydrogen) atoms. The van der Waals surface area contributed by atoms with Gasteiger partial charge in [-0.25, -0.2) is 18.0 Å². The van der Waals surface area contributed by atoms with Crippen molar-refractivity contribution in [3.8, 4) is 0 Å². The van der Waals surface area contributed by atoms with Crippen molar-refractivity contribution in [1.29, 1.82) is 0 Å². The molecule has 220 valence electrons. The molecule has 2 aromatic rings. The number of urea groups is 1. The summed E-state index contributed by atoms with van der Waals surface area (Å²) in [5, 5.41) is 15.3. The SMILES string of the molecule is Cc1ccc(S(=O)(=O)N2CCC[C@H]2C(=O)N[C@@H](Cc2ccc(NC(=O)N3CCN(C4CC4)CC3)cc2)C(=O)O)cc1. The first-order valence-corrected chi connectivity index (χ1v) is 15.6. The minimum Gasteiger partial charge on any atom is -0.480 e. The lowest BCUT2D eigenvalue weighted by Crippen LogP contribution is -2.51. The average Bonchev–Trinajstić information content (AvgIpc) is 3.68. The van der Waals surface area contributed by atoms with Crippen molar-refractivity contribution in [2.45, 2.75) is 62.0 Å². The fraction of sp³-hybridized carbons (Fsp3) is 0.483. The molecule has 1 saturated carbocycles. The first-order chi connectivity index (χ1) is 19.6. The van der Waals surface area contributed by atoms with E-state index in [0.717, 1.165) is 23.0 Å². The molecule has 2 aromatic carbocycles. The van der Waals surface area contributed by atoms with E-state index in [1.807, 2.05) is 6.92 Å². The fourth-order valence-electron chi connectivity index (χ4n) is 5.50. The van der Waals surface area contributed by atoms with Crippen molar-refractivity contribution in [3.05, 3.63) is 59.7 Å². The van der Waals surface area contributed by atoms with E-state index in [1.54, 1.807) is 41.3 Å². The topological polar surface area (TPSA) is 139 Å². The van der Waals surface area contributed by atoms with Crippen LogP contribution in [0.3, 0.4) is 0 Å². The highest BCUT2D eigenvalue weighted by molar-refractivity contribution is 7.89. The predicted octanol–water partition coefficient (Wildman–Crippen LogP) is 2.27. The summed E-state index contributed by atoms with van der Waals surface area (Å²) in [5.41, 5.74) is 2.17. The van der Waals surface area contributed by atoms with Gasteiger partial charge >= 0.3 is 12.0 Å². The monoisotopic (exact) mass is 583 g/mol. The molecule has 2 saturated heterocycles. The summed E-state index contributed by atoms with van der Waals surface area (Å²) < 4.78 is 27.6. The number of hydrogen-bond acceptors (Lipinski definition) is 6. The van der Waals surface area contributed by atoms with Crippen LogP contribution >= 0.6 is 0 Å². The van der Waals surface area contributed by atoms with Gasteiger partial charge in [-0.15, -0.1) is 0 Å². The molecular formula is C29H37N5O6S. The number of rotatable bonds is 9. The molecule has 0 bridgehead atoms. The first-order valence-electron chi connectivity index (χ1n) is 14.1. The number of benzene rings is 2. The van der Waals surface area contributed by atoms with E-state index in [-0.39, 0.29) is 23.9 Å². The number of nitrogens with one attached hydrogen (secondary N) is 2. The van der Waals surface area contributed by atoms with Crippen LogP contribution < -0.4 is 10.6 Å². The van der Waals surface area contributed by atoms with E-state index >= 15 is 0 Å². The van der Waals surface area contributed by atoms with Gasteiger partial charge in [0.05, 0.1) is 4.90 Å². The number of aliphatic carboxylic acids is 1. The molecule has 3 amide bonds. The van der Waals surface area contributed by atoms with E-state index in [2.05, 4.69) is 15.5 Å². The number of amides is 3. The number of carbonyl (C=O) groups excluding carboxylic acids is 2. The molecule has 11 nitrogen and oxygen atoms in total.